The second kappa shape index (κ2) is 17.1. The molecule has 0 N–H and O–H groups in total. The van der Waals surface area contributed by atoms with Crippen molar-refractivity contribution in [3.05, 3.63) is 172 Å². The first-order valence-electron chi connectivity index (χ1n) is 14.3. The molecule has 0 unspecified atom stereocenters. The van der Waals surface area contributed by atoms with Crippen LogP contribution in [0.5, 0.6) is 0 Å². The van der Waals surface area contributed by atoms with Crippen molar-refractivity contribution in [2.75, 3.05) is 0 Å². The Morgan fingerprint density at radius 1 is 0.435 bits per heavy atom. The van der Waals surface area contributed by atoms with Gasteiger partial charge >= 0.3 is 37.9 Å². The number of aryl methyl sites for hydroxylation is 2. The van der Waals surface area contributed by atoms with Crippen LogP contribution in [0.15, 0.2) is 146 Å². The number of benzene rings is 6. The van der Waals surface area contributed by atoms with Crippen molar-refractivity contribution in [1.29, 1.82) is 0 Å². The van der Waals surface area contributed by atoms with Crippen LogP contribution in [-0.4, -0.2) is 11.0 Å². The maximum Gasteiger partial charge on any atom is 0 e. The van der Waals surface area contributed by atoms with Gasteiger partial charge in [-0.15, -0.1) is 69.1 Å². The van der Waals surface area contributed by atoms with E-state index in [1.165, 1.54) is 76.5 Å². The molecule has 4 radical (unpaired) electrons. The van der Waals surface area contributed by atoms with E-state index in [4.69, 9.17) is 17.0 Å². The Morgan fingerprint density at radius 3 is 1.13 bits per heavy atom. The third kappa shape index (κ3) is 7.81. The number of hydrogen-bond donors (Lipinski definition) is 0. The maximum absolute atomic E-state index is 4.93. The first-order valence-corrected chi connectivity index (χ1v) is 20.6. The van der Waals surface area contributed by atoms with Gasteiger partial charge < -0.3 is 14.9 Å². The minimum atomic E-state index is -0.826. The first-order chi connectivity index (χ1) is 21.1. The number of halogens is 2. The van der Waals surface area contributed by atoms with E-state index in [9.17, 15) is 0 Å². The van der Waals surface area contributed by atoms with Gasteiger partial charge in [-0.05, 0) is 32.7 Å². The van der Waals surface area contributed by atoms with Crippen LogP contribution in [0.1, 0.15) is 11.1 Å². The molecule has 0 heterocycles. The summed E-state index contributed by atoms with van der Waals surface area (Å²) in [5.41, 5.74) is 7.94. The summed E-state index contributed by atoms with van der Waals surface area (Å²) in [6.45, 7) is 4.32. The van der Waals surface area contributed by atoms with Crippen LogP contribution in [-0.2, 0) is 20.8 Å². The minimum absolute atomic E-state index is 0. The van der Waals surface area contributed by atoms with E-state index in [1.54, 1.807) is 0 Å². The van der Waals surface area contributed by atoms with Crippen LogP contribution in [0.3, 0.4) is 0 Å². The summed E-state index contributed by atoms with van der Waals surface area (Å²) >= 11 is -0.826. The van der Waals surface area contributed by atoms with E-state index < -0.39 is 20.8 Å². The Kier molecular flexibility index (Phi) is 13.8. The van der Waals surface area contributed by atoms with Crippen molar-refractivity contribution in [2.45, 2.75) is 13.8 Å². The van der Waals surface area contributed by atoms with E-state index in [0.717, 1.165) is 0 Å². The van der Waals surface area contributed by atoms with Crippen LogP contribution in [0, 0.1) is 28.7 Å². The predicted octanol–water partition coefficient (Wildman–Crippen LogP) is 13.3. The van der Waals surface area contributed by atoms with E-state index >= 15 is 0 Å². The normalized spacial score (nSPS) is 10.1. The molecule has 0 saturated carbocycles. The Bertz CT molecular complexity index is 2010. The van der Waals surface area contributed by atoms with Gasteiger partial charge in [-0.2, -0.15) is 12.1 Å². The molecule has 0 fully saturated rings. The van der Waals surface area contributed by atoms with Gasteiger partial charge in [-0.3, -0.25) is 0 Å². The molecular weight excluding hydrogens is 695 g/mol. The van der Waals surface area contributed by atoms with E-state index in [1.807, 2.05) is 0 Å². The summed E-state index contributed by atoms with van der Waals surface area (Å²) in [5, 5.41) is 10.6. The fourth-order valence-electron chi connectivity index (χ4n) is 6.16. The molecule has 0 bridgehead atoms. The third-order valence-electron chi connectivity index (χ3n) is 7.95. The molecule has 0 amide bonds. The van der Waals surface area contributed by atoms with Crippen LogP contribution in [0.25, 0.3) is 65.3 Å². The van der Waals surface area contributed by atoms with Crippen LogP contribution < -0.4 is 0 Å². The standard InChI is InChI=1S/2C20H15.2CH3.2ClH.Si.Zr/c2*1-14-12-16-8-5-11-19(20(16)13-14)18-10-4-7-15-6-2-3-9-17(15)18;;;;;;/h2*2-13H,1H3;2*1H3;2*1H;;/q4*-1;;;;+2/p-2. The molecule has 0 aliphatic rings. The van der Waals surface area contributed by atoms with Crippen molar-refractivity contribution in [1.82, 2.24) is 0 Å². The van der Waals surface area contributed by atoms with Crippen LogP contribution in [0.4, 0.5) is 0 Å². The molecule has 46 heavy (non-hydrogen) atoms. The van der Waals surface area contributed by atoms with Crippen molar-refractivity contribution in [3.63, 3.8) is 0 Å². The van der Waals surface area contributed by atoms with Gasteiger partial charge in [-0.25, -0.2) is 0 Å². The first kappa shape index (κ1) is 37.2. The second-order valence-electron chi connectivity index (χ2n) is 10.8. The average Bonchev–Trinajstić information content (AvgIpc) is 3.62. The molecule has 0 nitrogen and oxygen atoms in total. The summed E-state index contributed by atoms with van der Waals surface area (Å²) in [6.07, 6.45) is 0. The maximum atomic E-state index is 4.93. The molecule has 0 aliphatic heterocycles. The number of fused-ring (bicyclic) bond motifs is 4. The molecule has 0 spiro atoms. The van der Waals surface area contributed by atoms with Crippen molar-refractivity contribution < 1.29 is 20.8 Å². The molecule has 8 aromatic rings. The quantitative estimate of drug-likeness (QED) is 0.123. The summed E-state index contributed by atoms with van der Waals surface area (Å²) in [6, 6.07) is 52.5. The minimum Gasteiger partial charge on any atom is 0 e. The molecule has 0 saturated heterocycles. The van der Waals surface area contributed by atoms with Crippen molar-refractivity contribution in [2.24, 2.45) is 0 Å². The summed E-state index contributed by atoms with van der Waals surface area (Å²) in [7, 11) is 9.87. The molecule has 0 aromatic heterocycles. The van der Waals surface area contributed by atoms with Gasteiger partial charge in [0, 0.05) is 11.0 Å². The SMILES string of the molecule is Cc1cc2c(-c3cccc4ccccc34)cccc2[cH-]1.Cc1cc2c(-c3cccc4ccccc34)cccc2[cH-]1.[CH3-].[CH3-].[Cl][Zr][Cl].[Si]. The smallest absolute Gasteiger partial charge is 0 e. The third-order valence-corrected chi connectivity index (χ3v) is 7.95. The van der Waals surface area contributed by atoms with Gasteiger partial charge in [0.2, 0.25) is 0 Å². The summed E-state index contributed by atoms with van der Waals surface area (Å²) in [4.78, 5) is 0. The molecule has 0 aliphatic carbocycles. The van der Waals surface area contributed by atoms with Crippen molar-refractivity contribution in [3.8, 4) is 22.3 Å². The largest absolute Gasteiger partial charge is 0 e. The molecule has 0 atom stereocenters. The summed E-state index contributed by atoms with van der Waals surface area (Å²) < 4.78 is 0. The molecular formula is C42H36Cl2SiZr-4. The summed E-state index contributed by atoms with van der Waals surface area (Å²) in [5.74, 6) is 0. The van der Waals surface area contributed by atoms with E-state index in [0.29, 0.717) is 0 Å². The monoisotopic (exact) mass is 728 g/mol. The molecule has 8 aromatic carbocycles. The van der Waals surface area contributed by atoms with E-state index in [2.05, 4.69) is 159 Å². The van der Waals surface area contributed by atoms with Crippen LogP contribution in [0.2, 0.25) is 0 Å². The Morgan fingerprint density at radius 2 is 0.739 bits per heavy atom. The van der Waals surface area contributed by atoms with Gasteiger partial charge in [0.25, 0.3) is 0 Å². The molecule has 8 rings (SSSR count). The second-order valence-corrected chi connectivity index (χ2v) is 14.5. The predicted molar refractivity (Wildman–Crippen MR) is 205 cm³/mol. The average molecular weight is 731 g/mol. The van der Waals surface area contributed by atoms with Crippen molar-refractivity contribution >= 4 is 71.1 Å². The zero-order chi connectivity index (χ0) is 29.8. The fraction of sp³-hybridized carbons (Fsp3) is 0.0476. The Labute approximate surface area is 297 Å². The zero-order valence-electron chi connectivity index (χ0n) is 26.6. The van der Waals surface area contributed by atoms with Gasteiger partial charge in [0.1, 0.15) is 0 Å². The van der Waals surface area contributed by atoms with Gasteiger partial charge in [0.15, 0.2) is 0 Å². The van der Waals surface area contributed by atoms with Gasteiger partial charge in [0.05, 0.1) is 0 Å². The molecule has 4 heteroatoms. The Balaban J connectivity index is 0.000000218. The molecule has 230 valence electrons. The van der Waals surface area contributed by atoms with E-state index in [-0.39, 0.29) is 25.8 Å². The topological polar surface area (TPSA) is 0 Å². The fourth-order valence-corrected chi connectivity index (χ4v) is 6.16. The number of hydrogen-bond acceptors (Lipinski definition) is 0. The van der Waals surface area contributed by atoms with Crippen LogP contribution >= 0.6 is 17.0 Å². The zero-order valence-corrected chi connectivity index (χ0v) is 31.6. The number of rotatable bonds is 2. The van der Waals surface area contributed by atoms with Gasteiger partial charge in [-0.1, -0.05) is 122 Å². The Hall–Kier alpha value is -3.26.